The van der Waals surface area contributed by atoms with Crippen molar-refractivity contribution >= 4 is 11.5 Å². The molecule has 0 amide bonds. The van der Waals surface area contributed by atoms with Gasteiger partial charge in [0, 0.05) is 44.1 Å². The fraction of sp³-hybridized carbons (Fsp3) is 0.333. The number of nitrogens with one attached hydrogen (secondary N) is 1. The smallest absolute Gasteiger partial charge is 0.180 e. The molecule has 0 spiro atoms. The van der Waals surface area contributed by atoms with E-state index in [4.69, 9.17) is 4.74 Å². The van der Waals surface area contributed by atoms with E-state index in [0.717, 1.165) is 62.1 Å². The number of ether oxygens (including phenoxy) is 1. The Balaban J connectivity index is 1.51. The zero-order chi connectivity index (χ0) is 16.2. The third-order valence-corrected chi connectivity index (χ3v) is 4.32. The summed E-state index contributed by atoms with van der Waals surface area (Å²) >= 11 is 0. The average Bonchev–Trinajstić information content (AvgIpc) is 3.08. The van der Waals surface area contributed by atoms with Crippen molar-refractivity contribution in [3.63, 3.8) is 0 Å². The van der Waals surface area contributed by atoms with E-state index in [2.05, 4.69) is 36.7 Å². The highest BCUT2D eigenvalue weighted by molar-refractivity contribution is 5.70. The molecule has 1 saturated heterocycles. The summed E-state index contributed by atoms with van der Waals surface area (Å²) in [6, 6.07) is 10.3. The number of rotatable bonds is 5. The molecule has 0 saturated carbocycles. The van der Waals surface area contributed by atoms with Crippen LogP contribution in [-0.4, -0.2) is 58.7 Å². The first kappa shape index (κ1) is 15.1. The maximum Gasteiger partial charge on any atom is 0.180 e. The Morgan fingerprint density at radius 3 is 2.75 bits per heavy atom. The number of anilines is 1. The number of morpholine rings is 1. The first-order valence-electron chi connectivity index (χ1n) is 8.33. The topological polar surface area (TPSA) is 54.7 Å². The highest BCUT2D eigenvalue weighted by Gasteiger charge is 2.12. The third-order valence-electron chi connectivity index (χ3n) is 4.32. The Morgan fingerprint density at radius 1 is 1.08 bits per heavy atom. The second kappa shape index (κ2) is 6.98. The Morgan fingerprint density at radius 2 is 1.92 bits per heavy atom. The van der Waals surface area contributed by atoms with E-state index in [1.807, 2.05) is 36.8 Å². The van der Waals surface area contributed by atoms with Gasteiger partial charge in [-0.1, -0.05) is 30.3 Å². The zero-order valence-electron chi connectivity index (χ0n) is 13.6. The molecule has 6 heteroatoms. The van der Waals surface area contributed by atoms with Gasteiger partial charge in [0.1, 0.15) is 0 Å². The molecule has 0 unspecified atom stereocenters. The van der Waals surface area contributed by atoms with Gasteiger partial charge in [-0.2, -0.15) is 0 Å². The third kappa shape index (κ3) is 3.11. The van der Waals surface area contributed by atoms with Crippen LogP contribution in [0.15, 0.2) is 48.9 Å². The number of hydrogen-bond donors (Lipinski definition) is 1. The van der Waals surface area contributed by atoms with Crippen molar-refractivity contribution in [2.75, 3.05) is 44.7 Å². The van der Waals surface area contributed by atoms with Crippen LogP contribution in [0.1, 0.15) is 0 Å². The summed E-state index contributed by atoms with van der Waals surface area (Å²) in [6.07, 6.45) is 5.68. The van der Waals surface area contributed by atoms with Gasteiger partial charge < -0.3 is 10.1 Å². The summed E-state index contributed by atoms with van der Waals surface area (Å²) in [4.78, 5) is 11.4. The van der Waals surface area contributed by atoms with Crippen LogP contribution < -0.4 is 5.32 Å². The molecule has 3 heterocycles. The predicted molar refractivity (Wildman–Crippen MR) is 94.2 cm³/mol. The lowest BCUT2D eigenvalue weighted by Gasteiger charge is -2.26. The highest BCUT2D eigenvalue weighted by Crippen LogP contribution is 2.22. The van der Waals surface area contributed by atoms with Crippen molar-refractivity contribution in [1.29, 1.82) is 0 Å². The predicted octanol–water partition coefficient (Wildman–Crippen LogP) is 2.14. The molecule has 24 heavy (non-hydrogen) atoms. The van der Waals surface area contributed by atoms with Gasteiger partial charge in [-0.15, -0.1) is 0 Å². The molecule has 0 aliphatic carbocycles. The largest absolute Gasteiger partial charge is 0.379 e. The van der Waals surface area contributed by atoms with Crippen molar-refractivity contribution in [2.45, 2.75) is 0 Å². The molecule has 124 valence electrons. The van der Waals surface area contributed by atoms with Gasteiger partial charge in [-0.25, -0.2) is 9.97 Å². The fourth-order valence-electron chi connectivity index (χ4n) is 3.02. The monoisotopic (exact) mass is 323 g/mol. The van der Waals surface area contributed by atoms with Crippen LogP contribution in [-0.2, 0) is 4.74 Å². The molecule has 1 N–H and O–H groups in total. The molecule has 3 aromatic rings. The van der Waals surface area contributed by atoms with Gasteiger partial charge in [0.25, 0.3) is 0 Å². The summed E-state index contributed by atoms with van der Waals surface area (Å²) in [5, 5.41) is 3.42. The maximum atomic E-state index is 5.38. The van der Waals surface area contributed by atoms with E-state index >= 15 is 0 Å². The first-order valence-corrected chi connectivity index (χ1v) is 8.33. The number of benzene rings is 1. The molecule has 1 aromatic carbocycles. The molecule has 1 fully saturated rings. The van der Waals surface area contributed by atoms with Crippen molar-refractivity contribution < 1.29 is 4.74 Å². The van der Waals surface area contributed by atoms with E-state index in [9.17, 15) is 0 Å². The molecule has 1 aliphatic heterocycles. The number of hydrogen-bond acceptors (Lipinski definition) is 5. The summed E-state index contributed by atoms with van der Waals surface area (Å²) in [5.41, 5.74) is 3.08. The van der Waals surface area contributed by atoms with E-state index in [1.165, 1.54) is 0 Å². The number of imidazole rings is 1. The van der Waals surface area contributed by atoms with Gasteiger partial charge in [-0.3, -0.25) is 9.30 Å². The summed E-state index contributed by atoms with van der Waals surface area (Å²) in [5.74, 6) is 0.827. The first-order chi connectivity index (χ1) is 11.9. The molecular weight excluding hydrogens is 302 g/mol. The summed E-state index contributed by atoms with van der Waals surface area (Å²) < 4.78 is 7.46. The van der Waals surface area contributed by atoms with Gasteiger partial charge in [0.15, 0.2) is 11.5 Å². The average molecular weight is 323 g/mol. The van der Waals surface area contributed by atoms with Crippen molar-refractivity contribution in [2.24, 2.45) is 0 Å². The quantitative estimate of drug-likeness (QED) is 0.780. The van der Waals surface area contributed by atoms with Crippen LogP contribution in [0.2, 0.25) is 0 Å². The normalized spacial score (nSPS) is 15.7. The van der Waals surface area contributed by atoms with Crippen molar-refractivity contribution in [3.05, 3.63) is 48.9 Å². The SMILES string of the molecule is c1ccc(-c2cnc3c(NCCN4CCOCC4)nccn23)cc1. The Hall–Kier alpha value is -2.44. The van der Waals surface area contributed by atoms with Gasteiger partial charge in [0.2, 0.25) is 0 Å². The molecule has 0 radical (unpaired) electrons. The summed E-state index contributed by atoms with van der Waals surface area (Å²) in [6.45, 7) is 5.49. The number of aromatic nitrogens is 3. The van der Waals surface area contributed by atoms with Crippen LogP contribution >= 0.6 is 0 Å². The van der Waals surface area contributed by atoms with Crippen LogP contribution in [0, 0.1) is 0 Å². The molecular formula is C18H21N5O. The minimum Gasteiger partial charge on any atom is -0.379 e. The Kier molecular flexibility index (Phi) is 4.40. The maximum absolute atomic E-state index is 5.38. The van der Waals surface area contributed by atoms with Gasteiger partial charge in [0.05, 0.1) is 25.1 Å². The summed E-state index contributed by atoms with van der Waals surface area (Å²) in [7, 11) is 0. The van der Waals surface area contributed by atoms with Gasteiger partial charge in [-0.05, 0) is 0 Å². The lowest BCUT2D eigenvalue weighted by Crippen LogP contribution is -2.39. The van der Waals surface area contributed by atoms with Crippen LogP contribution in [0.5, 0.6) is 0 Å². The second-order valence-corrected chi connectivity index (χ2v) is 5.86. The zero-order valence-corrected chi connectivity index (χ0v) is 13.6. The van der Waals surface area contributed by atoms with E-state index in [0.29, 0.717) is 0 Å². The number of nitrogens with zero attached hydrogens (tertiary/aromatic N) is 4. The lowest BCUT2D eigenvalue weighted by atomic mass is 10.2. The molecule has 2 aromatic heterocycles. The molecule has 0 bridgehead atoms. The minimum absolute atomic E-state index is 0.827. The molecule has 1 aliphatic rings. The lowest BCUT2D eigenvalue weighted by molar-refractivity contribution is 0.0398. The Bertz CT molecular complexity index is 796. The Labute approximate surface area is 141 Å². The minimum atomic E-state index is 0.827. The van der Waals surface area contributed by atoms with Crippen LogP contribution in [0.25, 0.3) is 16.9 Å². The fourth-order valence-corrected chi connectivity index (χ4v) is 3.02. The molecule has 6 nitrogen and oxygen atoms in total. The van der Waals surface area contributed by atoms with Crippen molar-refractivity contribution in [3.8, 4) is 11.3 Å². The van der Waals surface area contributed by atoms with Crippen LogP contribution in [0.4, 0.5) is 5.82 Å². The van der Waals surface area contributed by atoms with Crippen molar-refractivity contribution in [1.82, 2.24) is 19.3 Å². The van der Waals surface area contributed by atoms with Crippen LogP contribution in [0.3, 0.4) is 0 Å². The molecule has 0 atom stereocenters. The molecule has 4 rings (SSSR count). The van der Waals surface area contributed by atoms with E-state index in [-0.39, 0.29) is 0 Å². The second-order valence-electron chi connectivity index (χ2n) is 5.86. The van der Waals surface area contributed by atoms with Gasteiger partial charge >= 0.3 is 0 Å². The highest BCUT2D eigenvalue weighted by atomic mass is 16.5. The van der Waals surface area contributed by atoms with E-state index < -0.39 is 0 Å². The standard InChI is InChI=1S/C18H21N5O/c1-2-4-15(5-3-1)16-14-21-18-17(20-7-9-23(16)18)19-6-8-22-10-12-24-13-11-22/h1-5,7,9,14H,6,8,10-13H2,(H,19,20). The number of fused-ring (bicyclic) bond motifs is 1. The van der Waals surface area contributed by atoms with E-state index in [1.54, 1.807) is 0 Å².